The van der Waals surface area contributed by atoms with Gasteiger partial charge in [-0.1, -0.05) is 6.07 Å². The highest BCUT2D eigenvalue weighted by Gasteiger charge is 2.37. The van der Waals surface area contributed by atoms with Gasteiger partial charge in [0.2, 0.25) is 10.0 Å². The molecule has 0 bridgehead atoms. The molecule has 1 atom stereocenters. The maximum absolute atomic E-state index is 13.0. The fourth-order valence-corrected chi connectivity index (χ4v) is 4.75. The zero-order valence-corrected chi connectivity index (χ0v) is 14.3. The van der Waals surface area contributed by atoms with Gasteiger partial charge in [-0.25, -0.2) is 8.42 Å². The van der Waals surface area contributed by atoms with E-state index in [-0.39, 0.29) is 22.4 Å². The Balaban J connectivity index is 2.01. The molecular formula is C16H17N3O5S. The molecule has 3 rings (SSSR count). The zero-order chi connectivity index (χ0) is 18.0. The number of ether oxygens (including phenoxy) is 1. The first-order valence-corrected chi connectivity index (χ1v) is 9.13. The van der Waals surface area contributed by atoms with Gasteiger partial charge in [0.1, 0.15) is 0 Å². The van der Waals surface area contributed by atoms with Crippen molar-refractivity contribution in [1.29, 1.82) is 0 Å². The van der Waals surface area contributed by atoms with Crippen molar-refractivity contribution in [3.63, 3.8) is 0 Å². The number of hydrogen-bond acceptors (Lipinski definition) is 6. The Hall–Kier alpha value is -2.52. The van der Waals surface area contributed by atoms with Gasteiger partial charge in [0.25, 0.3) is 0 Å². The average molecular weight is 363 g/mol. The lowest BCUT2D eigenvalue weighted by atomic mass is 10.1. The predicted octanol–water partition coefficient (Wildman–Crippen LogP) is 2.52. The van der Waals surface area contributed by atoms with E-state index in [1.807, 2.05) is 6.07 Å². The molecule has 8 nitrogen and oxygen atoms in total. The molecule has 0 N–H and O–H groups in total. The van der Waals surface area contributed by atoms with E-state index in [1.165, 1.54) is 23.5 Å². The lowest BCUT2D eigenvalue weighted by molar-refractivity contribution is -0.386. The molecule has 1 fully saturated rings. The van der Waals surface area contributed by atoms with Crippen LogP contribution in [-0.4, -0.2) is 36.3 Å². The third-order valence-electron chi connectivity index (χ3n) is 4.23. The Morgan fingerprint density at radius 1 is 1.36 bits per heavy atom. The van der Waals surface area contributed by atoms with Gasteiger partial charge < -0.3 is 4.74 Å². The van der Waals surface area contributed by atoms with Crippen molar-refractivity contribution in [2.75, 3.05) is 13.7 Å². The summed E-state index contributed by atoms with van der Waals surface area (Å²) in [5, 5.41) is 11.2. The number of hydrogen-bond donors (Lipinski definition) is 0. The number of rotatable bonds is 5. The minimum atomic E-state index is -3.87. The SMILES string of the molecule is COc1ccc(S(=O)(=O)N2CCCC2c2cccnc2)cc1[N+](=O)[O-]. The number of sulfonamides is 1. The van der Waals surface area contributed by atoms with Crippen molar-refractivity contribution in [3.8, 4) is 5.75 Å². The van der Waals surface area contributed by atoms with Gasteiger partial charge >= 0.3 is 5.69 Å². The fraction of sp³-hybridized carbons (Fsp3) is 0.312. The third-order valence-corrected chi connectivity index (χ3v) is 6.13. The second-order valence-corrected chi connectivity index (χ2v) is 7.54. The van der Waals surface area contributed by atoms with Crippen molar-refractivity contribution in [2.45, 2.75) is 23.8 Å². The minimum Gasteiger partial charge on any atom is -0.490 e. The van der Waals surface area contributed by atoms with Gasteiger partial charge in [0.15, 0.2) is 5.75 Å². The number of nitro benzene ring substituents is 1. The van der Waals surface area contributed by atoms with Crippen LogP contribution in [0.25, 0.3) is 0 Å². The summed E-state index contributed by atoms with van der Waals surface area (Å²) < 4.78 is 32.4. The first-order chi connectivity index (χ1) is 11.9. The number of benzene rings is 1. The molecule has 25 heavy (non-hydrogen) atoms. The molecule has 0 amide bonds. The number of methoxy groups -OCH3 is 1. The molecule has 2 aromatic rings. The molecule has 1 saturated heterocycles. The molecule has 0 spiro atoms. The summed E-state index contributed by atoms with van der Waals surface area (Å²) >= 11 is 0. The van der Waals surface area contributed by atoms with E-state index in [0.29, 0.717) is 13.0 Å². The first kappa shape index (κ1) is 17.3. The van der Waals surface area contributed by atoms with E-state index in [0.717, 1.165) is 18.1 Å². The Morgan fingerprint density at radius 2 is 2.16 bits per heavy atom. The van der Waals surface area contributed by atoms with Crippen molar-refractivity contribution in [2.24, 2.45) is 0 Å². The van der Waals surface area contributed by atoms with Crippen LogP contribution in [0.5, 0.6) is 5.75 Å². The van der Waals surface area contributed by atoms with Gasteiger partial charge in [-0.15, -0.1) is 0 Å². The van der Waals surface area contributed by atoms with E-state index in [2.05, 4.69) is 4.98 Å². The van der Waals surface area contributed by atoms with Crippen LogP contribution in [0.4, 0.5) is 5.69 Å². The molecule has 132 valence electrons. The van der Waals surface area contributed by atoms with Crippen molar-refractivity contribution >= 4 is 15.7 Å². The minimum absolute atomic E-state index is 0.0224. The van der Waals surface area contributed by atoms with Gasteiger partial charge in [-0.05, 0) is 36.6 Å². The quantitative estimate of drug-likeness (QED) is 0.597. The second-order valence-electron chi connectivity index (χ2n) is 5.65. The van der Waals surface area contributed by atoms with Gasteiger partial charge in [-0.3, -0.25) is 15.1 Å². The molecular weight excluding hydrogens is 346 g/mol. The molecule has 1 unspecified atom stereocenters. The highest BCUT2D eigenvalue weighted by molar-refractivity contribution is 7.89. The number of pyridine rings is 1. The van der Waals surface area contributed by atoms with Crippen LogP contribution < -0.4 is 4.74 Å². The standard InChI is InChI=1S/C16H17N3O5S/c1-24-16-7-6-13(10-15(16)19(20)21)25(22,23)18-9-3-5-14(18)12-4-2-8-17-11-12/h2,4,6-8,10-11,14H,3,5,9H2,1H3. The summed E-state index contributed by atoms with van der Waals surface area (Å²) in [6.07, 6.45) is 4.68. The van der Waals surface area contributed by atoms with Crippen molar-refractivity contribution in [1.82, 2.24) is 9.29 Å². The summed E-state index contributed by atoms with van der Waals surface area (Å²) in [7, 11) is -2.57. The Kier molecular flexibility index (Phi) is 4.69. The molecule has 2 heterocycles. The summed E-state index contributed by atoms with van der Waals surface area (Å²) in [5.74, 6) is 0.0224. The van der Waals surface area contributed by atoms with E-state index in [9.17, 15) is 18.5 Å². The normalized spacial score (nSPS) is 18.2. The molecule has 1 aliphatic rings. The molecule has 1 aromatic carbocycles. The Labute approximate surface area is 145 Å². The first-order valence-electron chi connectivity index (χ1n) is 7.69. The van der Waals surface area contributed by atoms with Crippen LogP contribution in [-0.2, 0) is 10.0 Å². The van der Waals surface area contributed by atoms with Crippen LogP contribution >= 0.6 is 0 Å². The van der Waals surface area contributed by atoms with Crippen LogP contribution in [0.3, 0.4) is 0 Å². The highest BCUT2D eigenvalue weighted by Crippen LogP contribution is 2.38. The van der Waals surface area contributed by atoms with E-state index >= 15 is 0 Å². The zero-order valence-electron chi connectivity index (χ0n) is 13.5. The van der Waals surface area contributed by atoms with Crippen LogP contribution in [0, 0.1) is 10.1 Å². The fourth-order valence-electron chi connectivity index (χ4n) is 3.04. The maximum Gasteiger partial charge on any atom is 0.312 e. The summed E-state index contributed by atoms with van der Waals surface area (Å²) in [4.78, 5) is 14.5. The molecule has 9 heteroatoms. The van der Waals surface area contributed by atoms with Crippen LogP contribution in [0.1, 0.15) is 24.4 Å². The summed E-state index contributed by atoms with van der Waals surface area (Å²) in [5.41, 5.74) is 0.437. The van der Waals surface area contributed by atoms with E-state index < -0.39 is 14.9 Å². The molecule has 1 aliphatic heterocycles. The largest absolute Gasteiger partial charge is 0.490 e. The Bertz CT molecular complexity index is 886. The van der Waals surface area contributed by atoms with Crippen LogP contribution in [0.15, 0.2) is 47.6 Å². The Morgan fingerprint density at radius 3 is 2.80 bits per heavy atom. The van der Waals surface area contributed by atoms with Gasteiger partial charge in [-0.2, -0.15) is 4.31 Å². The van der Waals surface area contributed by atoms with Gasteiger partial charge in [0.05, 0.1) is 23.0 Å². The van der Waals surface area contributed by atoms with Gasteiger partial charge in [0, 0.05) is 25.0 Å². The topological polar surface area (TPSA) is 103 Å². The molecule has 0 radical (unpaired) electrons. The van der Waals surface area contributed by atoms with E-state index in [4.69, 9.17) is 4.74 Å². The van der Waals surface area contributed by atoms with Crippen molar-refractivity contribution < 1.29 is 18.1 Å². The number of aromatic nitrogens is 1. The predicted molar refractivity (Wildman–Crippen MR) is 89.8 cm³/mol. The molecule has 1 aromatic heterocycles. The smallest absolute Gasteiger partial charge is 0.312 e. The monoisotopic (exact) mass is 363 g/mol. The third kappa shape index (κ3) is 3.20. The van der Waals surface area contributed by atoms with E-state index in [1.54, 1.807) is 18.5 Å². The summed E-state index contributed by atoms with van der Waals surface area (Å²) in [6.45, 7) is 0.363. The average Bonchev–Trinajstić information content (AvgIpc) is 3.12. The highest BCUT2D eigenvalue weighted by atomic mass is 32.2. The maximum atomic E-state index is 13.0. The lowest BCUT2D eigenvalue weighted by Crippen LogP contribution is -2.30. The molecule has 0 aliphatic carbocycles. The number of nitrogens with zero attached hydrogens (tertiary/aromatic N) is 3. The summed E-state index contributed by atoms with van der Waals surface area (Å²) in [6, 6.07) is 6.96. The van der Waals surface area contributed by atoms with Crippen molar-refractivity contribution in [3.05, 3.63) is 58.4 Å². The molecule has 0 saturated carbocycles. The second kappa shape index (κ2) is 6.77. The lowest BCUT2D eigenvalue weighted by Gasteiger charge is -2.24. The number of nitro groups is 1. The van der Waals surface area contributed by atoms with Crippen LogP contribution in [0.2, 0.25) is 0 Å².